The van der Waals surface area contributed by atoms with Crippen LogP contribution in [-0.4, -0.2) is 25.5 Å². The van der Waals surface area contributed by atoms with Gasteiger partial charge in [-0.25, -0.2) is 4.68 Å². The zero-order valence-electron chi connectivity index (χ0n) is 18.9. The third-order valence-corrected chi connectivity index (χ3v) is 5.95. The normalized spacial score (nSPS) is 10.9. The lowest BCUT2D eigenvalue weighted by atomic mass is 10.1. The lowest BCUT2D eigenvalue weighted by Crippen LogP contribution is -2.12. The molecule has 4 rings (SSSR count). The average molecular weight is 464 g/mol. The van der Waals surface area contributed by atoms with E-state index in [1.54, 1.807) is 23.1 Å². The summed E-state index contributed by atoms with van der Waals surface area (Å²) in [5, 5.41) is 12.3. The Balaban J connectivity index is 1.37. The second-order valence-corrected chi connectivity index (χ2v) is 8.21. The lowest BCUT2D eigenvalue weighted by Gasteiger charge is -2.08. The zero-order chi connectivity index (χ0) is 23.4. The summed E-state index contributed by atoms with van der Waals surface area (Å²) in [6.45, 7) is 6.71. The van der Waals surface area contributed by atoms with Gasteiger partial charge in [-0.15, -0.1) is 0 Å². The summed E-state index contributed by atoms with van der Waals surface area (Å²) in [5.41, 5.74) is 5.07. The Morgan fingerprint density at radius 3 is 2.61 bits per heavy atom. The largest absolute Gasteiger partial charge is 0.471 e. The Bertz CT molecular complexity index is 1260. The highest BCUT2D eigenvalue weighted by Gasteiger charge is 2.12. The number of nitrogens with zero attached hydrogens (tertiary/aromatic N) is 4. The van der Waals surface area contributed by atoms with Crippen molar-refractivity contribution >= 4 is 23.2 Å². The molecule has 0 aliphatic carbocycles. The fourth-order valence-electron chi connectivity index (χ4n) is 3.48. The van der Waals surface area contributed by atoms with E-state index in [1.165, 1.54) is 5.56 Å². The molecule has 0 bridgehead atoms. The highest BCUT2D eigenvalue weighted by molar-refractivity contribution is 6.31. The van der Waals surface area contributed by atoms with Crippen molar-refractivity contribution in [1.82, 2.24) is 19.6 Å². The topological polar surface area (TPSA) is 74.0 Å². The number of halogens is 1. The predicted molar refractivity (Wildman–Crippen MR) is 129 cm³/mol. The molecule has 0 aliphatic rings. The first-order valence-electron chi connectivity index (χ1n) is 10.8. The molecule has 0 fully saturated rings. The predicted octanol–water partition coefficient (Wildman–Crippen LogP) is 5.25. The molecule has 1 N–H and O–H groups in total. The molecule has 2 aromatic carbocycles. The summed E-state index contributed by atoms with van der Waals surface area (Å²) in [4.78, 5) is 12.8. The first kappa shape index (κ1) is 22.6. The van der Waals surface area contributed by atoms with Crippen LogP contribution in [0.5, 0.6) is 5.75 Å². The number of rotatable bonds is 8. The minimum atomic E-state index is -0.209. The van der Waals surface area contributed by atoms with Crippen LogP contribution in [0.3, 0.4) is 0 Å². The third-order valence-electron chi connectivity index (χ3n) is 5.40. The molecule has 33 heavy (non-hydrogen) atoms. The molecule has 7 nitrogen and oxygen atoms in total. The van der Waals surface area contributed by atoms with Gasteiger partial charge in [0.2, 0.25) is 0 Å². The van der Waals surface area contributed by atoms with Crippen LogP contribution in [0.4, 0.5) is 5.69 Å². The molecule has 4 aromatic rings. The summed E-state index contributed by atoms with van der Waals surface area (Å²) >= 11 is 6.24. The number of nitrogens with one attached hydrogen (secondary N) is 1. The van der Waals surface area contributed by atoms with Crippen LogP contribution in [0.1, 0.15) is 39.8 Å². The minimum absolute atomic E-state index is 0.209. The molecule has 0 saturated carbocycles. The Morgan fingerprint density at radius 1 is 1.12 bits per heavy atom. The molecule has 170 valence electrons. The van der Waals surface area contributed by atoms with E-state index in [9.17, 15) is 4.79 Å². The monoisotopic (exact) mass is 463 g/mol. The van der Waals surface area contributed by atoms with Crippen LogP contribution in [-0.2, 0) is 19.7 Å². The number of hydrogen-bond donors (Lipinski definition) is 1. The molecule has 0 saturated heterocycles. The smallest absolute Gasteiger partial charge is 0.255 e. The Morgan fingerprint density at radius 2 is 1.91 bits per heavy atom. The van der Waals surface area contributed by atoms with Crippen LogP contribution in [0.15, 0.2) is 60.9 Å². The fourth-order valence-corrected chi connectivity index (χ4v) is 3.61. The van der Waals surface area contributed by atoms with Gasteiger partial charge in [0.1, 0.15) is 5.75 Å². The second kappa shape index (κ2) is 9.92. The Hall–Kier alpha value is -3.58. The highest BCUT2D eigenvalue weighted by atomic mass is 35.5. The summed E-state index contributed by atoms with van der Waals surface area (Å²) in [6, 6.07) is 15.4. The number of hydrogen-bond acceptors (Lipinski definition) is 4. The van der Waals surface area contributed by atoms with Crippen molar-refractivity contribution < 1.29 is 9.53 Å². The zero-order valence-corrected chi connectivity index (χ0v) is 19.6. The van der Waals surface area contributed by atoms with E-state index in [1.807, 2.05) is 61.0 Å². The van der Waals surface area contributed by atoms with Gasteiger partial charge in [0.05, 0.1) is 41.0 Å². The number of anilines is 1. The van der Waals surface area contributed by atoms with E-state index in [0.29, 0.717) is 22.8 Å². The number of benzene rings is 2. The van der Waals surface area contributed by atoms with Crippen LogP contribution in [0.25, 0.3) is 0 Å². The summed E-state index contributed by atoms with van der Waals surface area (Å²) < 4.78 is 9.23. The maximum Gasteiger partial charge on any atom is 0.255 e. The molecule has 2 aromatic heterocycles. The molecule has 0 aliphatic heterocycles. The summed E-state index contributed by atoms with van der Waals surface area (Å²) in [6.07, 6.45) is 4.32. The van der Waals surface area contributed by atoms with Crippen molar-refractivity contribution in [2.24, 2.45) is 0 Å². The van der Waals surface area contributed by atoms with E-state index in [-0.39, 0.29) is 12.6 Å². The van der Waals surface area contributed by atoms with Crippen molar-refractivity contribution in [1.29, 1.82) is 0 Å². The maximum absolute atomic E-state index is 12.8. The van der Waals surface area contributed by atoms with Crippen LogP contribution in [0, 0.1) is 13.8 Å². The number of aryl methyl sites for hydroxylation is 2. The van der Waals surface area contributed by atoms with Gasteiger partial charge in [-0.2, -0.15) is 10.2 Å². The number of aromatic nitrogens is 4. The van der Waals surface area contributed by atoms with Crippen molar-refractivity contribution in [3.05, 3.63) is 94.0 Å². The van der Waals surface area contributed by atoms with Crippen LogP contribution < -0.4 is 10.1 Å². The van der Waals surface area contributed by atoms with E-state index in [2.05, 4.69) is 22.4 Å². The van der Waals surface area contributed by atoms with Gasteiger partial charge in [0.15, 0.2) is 6.73 Å². The van der Waals surface area contributed by atoms with Gasteiger partial charge in [-0.05, 0) is 55.7 Å². The standard InChI is InChI=1S/C25H26ClN5O2/c1-4-19-8-10-23(11-9-19)33-16-30-15-22(13-27-30)28-25(32)21-7-5-6-20(12-21)14-31-18(3)24(26)17(2)29-31/h5-13,15H,4,14,16H2,1-3H3,(H,28,32). The van der Waals surface area contributed by atoms with Crippen molar-refractivity contribution in [3.8, 4) is 5.75 Å². The number of amides is 1. The quantitative estimate of drug-likeness (QED) is 0.387. The van der Waals surface area contributed by atoms with Gasteiger partial charge in [-0.3, -0.25) is 9.48 Å². The molecule has 1 amide bonds. The van der Waals surface area contributed by atoms with Crippen LogP contribution >= 0.6 is 11.6 Å². The average Bonchev–Trinajstić information content (AvgIpc) is 3.37. The minimum Gasteiger partial charge on any atom is -0.471 e. The lowest BCUT2D eigenvalue weighted by molar-refractivity contribution is 0.102. The van der Waals surface area contributed by atoms with Gasteiger partial charge < -0.3 is 10.1 Å². The summed E-state index contributed by atoms with van der Waals surface area (Å²) in [5.74, 6) is 0.563. The van der Waals surface area contributed by atoms with Crippen molar-refractivity contribution in [2.45, 2.75) is 40.5 Å². The number of ether oxygens (including phenoxy) is 1. The molecule has 0 spiro atoms. The molecule has 2 heterocycles. The van der Waals surface area contributed by atoms with Crippen LogP contribution in [0.2, 0.25) is 5.02 Å². The van der Waals surface area contributed by atoms with E-state index in [0.717, 1.165) is 29.1 Å². The van der Waals surface area contributed by atoms with Crippen molar-refractivity contribution in [3.63, 3.8) is 0 Å². The second-order valence-electron chi connectivity index (χ2n) is 7.84. The number of carbonyl (C=O) groups is 1. The molecular weight excluding hydrogens is 438 g/mol. The molecule has 8 heteroatoms. The Labute approximate surface area is 197 Å². The maximum atomic E-state index is 12.8. The summed E-state index contributed by atoms with van der Waals surface area (Å²) in [7, 11) is 0. The third kappa shape index (κ3) is 5.43. The van der Waals surface area contributed by atoms with Crippen molar-refractivity contribution in [2.75, 3.05) is 5.32 Å². The van der Waals surface area contributed by atoms with E-state index < -0.39 is 0 Å². The molecule has 0 radical (unpaired) electrons. The fraction of sp³-hybridized carbons (Fsp3) is 0.240. The van der Waals surface area contributed by atoms with Gasteiger partial charge >= 0.3 is 0 Å². The number of carbonyl (C=O) groups excluding carboxylic acids is 1. The SMILES string of the molecule is CCc1ccc(OCn2cc(NC(=O)c3cccc(Cn4nc(C)c(Cl)c4C)c3)cn2)cc1. The van der Waals surface area contributed by atoms with Gasteiger partial charge in [-0.1, -0.05) is 42.8 Å². The van der Waals surface area contributed by atoms with Gasteiger partial charge in [0.25, 0.3) is 5.91 Å². The van der Waals surface area contributed by atoms with E-state index >= 15 is 0 Å². The molecular formula is C25H26ClN5O2. The Kier molecular flexibility index (Phi) is 6.79. The van der Waals surface area contributed by atoms with E-state index in [4.69, 9.17) is 16.3 Å². The first-order chi connectivity index (χ1) is 15.9. The van der Waals surface area contributed by atoms with Gasteiger partial charge in [0, 0.05) is 5.56 Å². The first-order valence-corrected chi connectivity index (χ1v) is 11.1. The molecule has 0 unspecified atom stereocenters. The highest BCUT2D eigenvalue weighted by Crippen LogP contribution is 2.20. The molecule has 0 atom stereocenters.